The monoisotopic (exact) mass is 559 g/mol. The zero-order valence-electron chi connectivity index (χ0n) is 21.7. The van der Waals surface area contributed by atoms with E-state index in [1.807, 2.05) is 36.4 Å². The first-order valence-corrected chi connectivity index (χ1v) is 13.7. The molecule has 206 valence electrons. The molecule has 11 nitrogen and oxygen atoms in total. The van der Waals surface area contributed by atoms with Crippen molar-refractivity contribution in [3.8, 4) is 16.8 Å². The maximum absolute atomic E-state index is 13.5. The minimum atomic E-state index is -0.519. The Labute approximate surface area is 236 Å². The zero-order chi connectivity index (χ0) is 27.6. The van der Waals surface area contributed by atoms with E-state index in [-0.39, 0.29) is 24.0 Å². The van der Waals surface area contributed by atoms with E-state index in [4.69, 9.17) is 17.3 Å². The van der Waals surface area contributed by atoms with Gasteiger partial charge in [-0.25, -0.2) is 5.43 Å². The highest BCUT2D eigenvalue weighted by molar-refractivity contribution is 6.31. The van der Waals surface area contributed by atoms with Crippen molar-refractivity contribution in [2.45, 2.75) is 43.9 Å². The van der Waals surface area contributed by atoms with Crippen LogP contribution in [0.25, 0.3) is 16.8 Å². The molecule has 0 radical (unpaired) electrons. The second kappa shape index (κ2) is 11.3. The standard InChI is InChI=1S/C28H30ClN9O2/c29-20-8-11-25(37-16-31-35-36-37)22(14-20)19-7-10-26(38(40)15-19)24(12-17-4-2-1-3-5-17)32-28(39)18-6-9-21-23(13-18)33-34-27(21)30/h1-5,7-8,10-11,14-16,18,21,23-24,27,33-34H,6,9,12-13,30H2,(H,32,39)/t18?,21?,23?,24-,27?/m0/s1. The zero-order valence-corrected chi connectivity index (χ0v) is 22.4. The Kier molecular flexibility index (Phi) is 7.44. The molecule has 1 amide bonds. The molecule has 1 saturated heterocycles. The van der Waals surface area contributed by atoms with Crippen molar-refractivity contribution in [2.75, 3.05) is 0 Å². The number of benzene rings is 2. The van der Waals surface area contributed by atoms with Crippen LogP contribution in [-0.2, 0) is 11.2 Å². The van der Waals surface area contributed by atoms with Gasteiger partial charge in [-0.1, -0.05) is 41.9 Å². The highest BCUT2D eigenvalue weighted by Crippen LogP contribution is 2.33. The quantitative estimate of drug-likeness (QED) is 0.199. The number of aromatic nitrogens is 5. The van der Waals surface area contributed by atoms with Crippen LogP contribution in [0.3, 0.4) is 0 Å². The molecule has 0 bridgehead atoms. The van der Waals surface area contributed by atoms with Crippen molar-refractivity contribution < 1.29 is 9.52 Å². The molecular formula is C28H30ClN9O2. The molecule has 2 fully saturated rings. The average molecular weight is 560 g/mol. The number of hydrogen-bond donors (Lipinski definition) is 4. The van der Waals surface area contributed by atoms with Crippen LogP contribution in [0.4, 0.5) is 0 Å². The Morgan fingerprint density at radius 1 is 1.18 bits per heavy atom. The summed E-state index contributed by atoms with van der Waals surface area (Å²) < 4.78 is 2.34. The fraction of sp³-hybridized carbons (Fsp3) is 0.321. The lowest BCUT2D eigenvalue weighted by Crippen LogP contribution is -2.45. The average Bonchev–Trinajstić information content (AvgIpc) is 3.63. The number of fused-ring (bicyclic) bond motifs is 1. The number of nitrogens with two attached hydrogens (primary N) is 1. The summed E-state index contributed by atoms with van der Waals surface area (Å²) in [5.74, 6) is 0.0931. The van der Waals surface area contributed by atoms with Crippen molar-refractivity contribution in [3.63, 3.8) is 0 Å². The van der Waals surface area contributed by atoms with Gasteiger partial charge in [-0.2, -0.15) is 9.41 Å². The fourth-order valence-electron chi connectivity index (χ4n) is 5.84. The van der Waals surface area contributed by atoms with Crippen LogP contribution in [0, 0.1) is 17.0 Å². The van der Waals surface area contributed by atoms with E-state index in [9.17, 15) is 10.0 Å². The van der Waals surface area contributed by atoms with Gasteiger partial charge in [-0.3, -0.25) is 10.2 Å². The molecule has 3 heterocycles. The Balaban J connectivity index is 1.28. The molecule has 2 aromatic heterocycles. The number of hydrazine groups is 1. The molecule has 2 aromatic carbocycles. The summed E-state index contributed by atoms with van der Waals surface area (Å²) in [6.45, 7) is 0. The van der Waals surface area contributed by atoms with Crippen molar-refractivity contribution in [3.05, 3.63) is 94.7 Å². The van der Waals surface area contributed by atoms with Crippen molar-refractivity contribution in [1.29, 1.82) is 0 Å². The van der Waals surface area contributed by atoms with E-state index >= 15 is 0 Å². The molecule has 40 heavy (non-hydrogen) atoms. The Bertz CT molecular complexity index is 1480. The predicted molar refractivity (Wildman–Crippen MR) is 148 cm³/mol. The van der Waals surface area contributed by atoms with Crippen LogP contribution >= 0.6 is 11.6 Å². The summed E-state index contributed by atoms with van der Waals surface area (Å²) in [5.41, 5.74) is 16.0. The Morgan fingerprint density at radius 2 is 2.02 bits per heavy atom. The number of halogens is 1. The maximum Gasteiger partial charge on any atom is 0.223 e. The number of tetrazole rings is 1. The summed E-state index contributed by atoms with van der Waals surface area (Å²) in [6, 6.07) is 18.4. The van der Waals surface area contributed by atoms with Gasteiger partial charge in [-0.05, 0) is 59.5 Å². The molecule has 2 aliphatic rings. The van der Waals surface area contributed by atoms with Crippen molar-refractivity contribution >= 4 is 17.5 Å². The van der Waals surface area contributed by atoms with E-state index < -0.39 is 6.04 Å². The third kappa shape index (κ3) is 5.41. The third-order valence-corrected chi connectivity index (χ3v) is 8.17. The van der Waals surface area contributed by atoms with Crippen molar-refractivity contribution in [1.82, 2.24) is 36.4 Å². The van der Waals surface area contributed by atoms with Crippen LogP contribution in [0.15, 0.2) is 73.2 Å². The maximum atomic E-state index is 13.5. The molecule has 4 aromatic rings. The first-order chi connectivity index (χ1) is 19.5. The lowest BCUT2D eigenvalue weighted by molar-refractivity contribution is -0.615. The number of carbonyl (C=O) groups excluding carboxylic acids is 1. The molecule has 12 heteroatoms. The molecule has 1 aliphatic carbocycles. The van der Waals surface area contributed by atoms with Gasteiger partial charge in [0, 0.05) is 46.5 Å². The SMILES string of the molecule is NC1NNC2CC(C(=O)N[C@@H](Cc3ccccc3)c3ccc(-c4cc(Cl)ccc4-n4cnnn4)c[n+]3[O-])CCC12. The number of carbonyl (C=O) groups is 1. The molecule has 5 N–H and O–H groups in total. The van der Waals surface area contributed by atoms with E-state index in [1.165, 1.54) is 17.2 Å². The predicted octanol–water partition coefficient (Wildman–Crippen LogP) is 2.19. The van der Waals surface area contributed by atoms with Gasteiger partial charge >= 0.3 is 0 Å². The first kappa shape index (κ1) is 26.3. The highest BCUT2D eigenvalue weighted by atomic mass is 35.5. The molecule has 6 rings (SSSR count). The molecular weight excluding hydrogens is 530 g/mol. The summed E-state index contributed by atoms with van der Waals surface area (Å²) in [7, 11) is 0. The number of hydrogen-bond acceptors (Lipinski definition) is 8. The molecule has 1 aliphatic heterocycles. The van der Waals surface area contributed by atoms with E-state index in [0.717, 1.165) is 23.1 Å². The second-order valence-corrected chi connectivity index (χ2v) is 10.9. The van der Waals surface area contributed by atoms with Gasteiger partial charge in [0.15, 0.2) is 6.20 Å². The lowest BCUT2D eigenvalue weighted by atomic mass is 9.77. The third-order valence-electron chi connectivity index (χ3n) is 7.94. The minimum Gasteiger partial charge on any atom is -0.618 e. The summed E-state index contributed by atoms with van der Waals surface area (Å²) in [5, 5.41) is 28.7. The van der Waals surface area contributed by atoms with E-state index in [0.29, 0.717) is 46.3 Å². The summed E-state index contributed by atoms with van der Waals surface area (Å²) in [4.78, 5) is 13.5. The normalized spacial score (nSPS) is 22.9. The fourth-order valence-corrected chi connectivity index (χ4v) is 6.01. The lowest BCUT2D eigenvalue weighted by Gasteiger charge is -2.32. The molecule has 4 unspecified atom stereocenters. The van der Waals surface area contributed by atoms with Gasteiger partial charge in [0.2, 0.25) is 11.6 Å². The largest absolute Gasteiger partial charge is 0.618 e. The van der Waals surface area contributed by atoms with Gasteiger partial charge < -0.3 is 16.3 Å². The van der Waals surface area contributed by atoms with Crippen LogP contribution in [0.2, 0.25) is 5.02 Å². The van der Waals surface area contributed by atoms with E-state index in [1.54, 1.807) is 24.3 Å². The van der Waals surface area contributed by atoms with Gasteiger partial charge in [0.25, 0.3) is 0 Å². The Morgan fingerprint density at radius 3 is 2.80 bits per heavy atom. The van der Waals surface area contributed by atoms with Crippen LogP contribution < -0.4 is 26.6 Å². The molecule has 5 atom stereocenters. The molecule has 1 saturated carbocycles. The van der Waals surface area contributed by atoms with Crippen molar-refractivity contribution in [2.24, 2.45) is 17.6 Å². The van der Waals surface area contributed by atoms with E-state index in [2.05, 4.69) is 31.7 Å². The summed E-state index contributed by atoms with van der Waals surface area (Å²) in [6.07, 6.45) is 5.68. The number of pyridine rings is 1. The number of amides is 1. The van der Waals surface area contributed by atoms with Gasteiger partial charge in [0.05, 0.1) is 11.9 Å². The van der Waals surface area contributed by atoms with Gasteiger partial charge in [0.1, 0.15) is 12.4 Å². The number of rotatable bonds is 7. The van der Waals surface area contributed by atoms with Crippen LogP contribution in [0.5, 0.6) is 0 Å². The Hall–Kier alpha value is -3.90. The number of nitrogens with one attached hydrogen (secondary N) is 3. The smallest absolute Gasteiger partial charge is 0.223 e. The van der Waals surface area contributed by atoms with Crippen LogP contribution in [0.1, 0.15) is 36.6 Å². The first-order valence-electron chi connectivity index (χ1n) is 13.3. The molecule has 0 spiro atoms. The second-order valence-electron chi connectivity index (χ2n) is 10.4. The van der Waals surface area contributed by atoms with Gasteiger partial charge in [-0.15, -0.1) is 5.10 Å². The summed E-state index contributed by atoms with van der Waals surface area (Å²) >= 11 is 6.30. The van der Waals surface area contributed by atoms with Crippen LogP contribution in [-0.4, -0.2) is 38.3 Å². The number of nitrogens with zero attached hydrogens (tertiary/aromatic N) is 5. The minimum absolute atomic E-state index is 0.0541. The highest BCUT2D eigenvalue weighted by Gasteiger charge is 2.41. The topological polar surface area (TPSA) is 150 Å².